The highest BCUT2D eigenvalue weighted by molar-refractivity contribution is 7.99. The number of aryl methyl sites for hydroxylation is 2. The van der Waals surface area contributed by atoms with Crippen LogP contribution in [0.2, 0.25) is 0 Å². The number of nitrogens with one attached hydrogen (secondary N) is 1. The van der Waals surface area contributed by atoms with Crippen molar-refractivity contribution in [3.05, 3.63) is 71.5 Å². The number of hydrogen-bond acceptors (Lipinski definition) is 5. The zero-order chi connectivity index (χ0) is 20.8. The van der Waals surface area contributed by atoms with Gasteiger partial charge < -0.3 is 14.8 Å². The van der Waals surface area contributed by atoms with Gasteiger partial charge in [-0.05, 0) is 36.2 Å². The van der Waals surface area contributed by atoms with Crippen LogP contribution < -0.4 is 5.32 Å². The zero-order valence-corrected chi connectivity index (χ0v) is 17.4. The van der Waals surface area contributed by atoms with E-state index in [1.54, 1.807) is 47.1 Å². The minimum atomic E-state index is -0.170. The van der Waals surface area contributed by atoms with Crippen LogP contribution in [-0.4, -0.2) is 44.3 Å². The molecule has 0 fully saturated rings. The fourth-order valence-electron chi connectivity index (χ4n) is 2.80. The molecular formula is C21H23N5O2S. The molecule has 2 aromatic carbocycles. The van der Waals surface area contributed by atoms with Crippen LogP contribution in [-0.2, 0) is 18.4 Å². The van der Waals surface area contributed by atoms with E-state index in [1.165, 1.54) is 11.8 Å². The highest BCUT2D eigenvalue weighted by Crippen LogP contribution is 2.17. The number of rotatable bonds is 7. The van der Waals surface area contributed by atoms with Gasteiger partial charge in [0, 0.05) is 31.9 Å². The van der Waals surface area contributed by atoms with Gasteiger partial charge in [0.05, 0.1) is 5.75 Å². The molecule has 29 heavy (non-hydrogen) atoms. The summed E-state index contributed by atoms with van der Waals surface area (Å²) in [5.41, 5.74) is 3.37. The van der Waals surface area contributed by atoms with E-state index in [9.17, 15) is 9.59 Å². The smallest absolute Gasteiger partial charge is 0.253 e. The summed E-state index contributed by atoms with van der Waals surface area (Å²) >= 11 is 1.30. The topological polar surface area (TPSA) is 80.1 Å². The van der Waals surface area contributed by atoms with Crippen LogP contribution in [0.5, 0.6) is 0 Å². The first-order valence-corrected chi connectivity index (χ1v) is 10.1. The van der Waals surface area contributed by atoms with Gasteiger partial charge in [0.1, 0.15) is 6.33 Å². The van der Waals surface area contributed by atoms with Crippen molar-refractivity contribution in [2.45, 2.75) is 18.6 Å². The van der Waals surface area contributed by atoms with E-state index < -0.39 is 0 Å². The fourth-order valence-corrected chi connectivity index (χ4v) is 3.48. The predicted octanol–water partition coefficient (Wildman–Crippen LogP) is 3.13. The Balaban J connectivity index is 1.60. The van der Waals surface area contributed by atoms with Gasteiger partial charge in [-0.25, -0.2) is 0 Å². The van der Waals surface area contributed by atoms with Crippen LogP contribution in [0.4, 0.5) is 5.69 Å². The van der Waals surface area contributed by atoms with E-state index in [-0.39, 0.29) is 17.6 Å². The highest BCUT2D eigenvalue weighted by Gasteiger charge is 2.14. The maximum Gasteiger partial charge on any atom is 0.253 e. The van der Waals surface area contributed by atoms with Crippen molar-refractivity contribution < 1.29 is 9.59 Å². The van der Waals surface area contributed by atoms with Gasteiger partial charge in [-0.1, -0.05) is 42.1 Å². The quantitative estimate of drug-likeness (QED) is 0.607. The Morgan fingerprint density at radius 1 is 1.17 bits per heavy atom. The lowest BCUT2D eigenvalue weighted by atomic mass is 10.1. The number of amides is 2. The molecular weight excluding hydrogens is 386 g/mol. The van der Waals surface area contributed by atoms with Crippen LogP contribution in [0.3, 0.4) is 0 Å². The van der Waals surface area contributed by atoms with Gasteiger partial charge in [-0.15, -0.1) is 10.2 Å². The third-order valence-electron chi connectivity index (χ3n) is 4.41. The van der Waals surface area contributed by atoms with Crippen molar-refractivity contribution >= 4 is 29.3 Å². The molecule has 0 atom stereocenters. The summed E-state index contributed by atoms with van der Waals surface area (Å²) in [5.74, 6) is -0.0635. The molecule has 2 amide bonds. The normalized spacial score (nSPS) is 10.6. The number of thioether (sulfide) groups is 1. The summed E-state index contributed by atoms with van der Waals surface area (Å²) in [6.07, 6.45) is 1.59. The summed E-state index contributed by atoms with van der Waals surface area (Å²) in [6, 6.07) is 15.0. The second kappa shape index (κ2) is 9.38. The van der Waals surface area contributed by atoms with Crippen LogP contribution in [0.1, 0.15) is 21.5 Å². The summed E-state index contributed by atoms with van der Waals surface area (Å²) in [6.45, 7) is 2.55. The van der Waals surface area contributed by atoms with E-state index in [2.05, 4.69) is 15.5 Å². The molecule has 8 heteroatoms. The van der Waals surface area contributed by atoms with Crippen molar-refractivity contribution in [3.63, 3.8) is 0 Å². The average Bonchev–Trinajstić information content (AvgIpc) is 3.12. The van der Waals surface area contributed by atoms with E-state index >= 15 is 0 Å². The van der Waals surface area contributed by atoms with Crippen molar-refractivity contribution in [3.8, 4) is 0 Å². The molecule has 3 rings (SSSR count). The minimum absolute atomic E-state index is 0.0992. The second-order valence-corrected chi connectivity index (χ2v) is 7.67. The number of nitrogens with zero attached hydrogens (tertiary/aromatic N) is 4. The third-order valence-corrected chi connectivity index (χ3v) is 5.45. The average molecular weight is 410 g/mol. The molecule has 0 aliphatic carbocycles. The van der Waals surface area contributed by atoms with Crippen LogP contribution >= 0.6 is 11.8 Å². The van der Waals surface area contributed by atoms with Crippen molar-refractivity contribution in [1.29, 1.82) is 0 Å². The fraction of sp³-hybridized carbons (Fsp3) is 0.238. The zero-order valence-electron chi connectivity index (χ0n) is 16.6. The van der Waals surface area contributed by atoms with E-state index in [0.29, 0.717) is 23.0 Å². The largest absolute Gasteiger partial charge is 0.337 e. The van der Waals surface area contributed by atoms with Gasteiger partial charge >= 0.3 is 0 Å². The molecule has 1 aromatic heterocycles. The Hall–Kier alpha value is -3.13. The highest BCUT2D eigenvalue weighted by atomic mass is 32.2. The third kappa shape index (κ3) is 5.45. The summed E-state index contributed by atoms with van der Waals surface area (Å²) in [4.78, 5) is 26.7. The maximum atomic E-state index is 12.8. The lowest BCUT2D eigenvalue weighted by Crippen LogP contribution is -2.26. The SMILES string of the molecule is Cc1ccccc1CN(C)C(=O)c1cccc(NC(=O)CSc2nncn2C)c1. The molecule has 1 N–H and O–H groups in total. The van der Waals surface area contributed by atoms with Crippen molar-refractivity contribution in [2.75, 3.05) is 18.1 Å². The molecule has 0 aliphatic rings. The number of hydrogen-bond donors (Lipinski definition) is 1. The van der Waals surface area contributed by atoms with E-state index in [1.807, 2.05) is 38.2 Å². The molecule has 1 heterocycles. The maximum absolute atomic E-state index is 12.8. The molecule has 0 saturated heterocycles. The van der Waals surface area contributed by atoms with Gasteiger partial charge in [0.15, 0.2) is 5.16 Å². The first kappa shape index (κ1) is 20.6. The van der Waals surface area contributed by atoms with Gasteiger partial charge in [-0.2, -0.15) is 0 Å². The summed E-state index contributed by atoms with van der Waals surface area (Å²) in [5, 5.41) is 11.2. The Bertz CT molecular complexity index is 1020. The van der Waals surface area contributed by atoms with Crippen LogP contribution in [0, 0.1) is 6.92 Å². The molecule has 3 aromatic rings. The molecule has 150 valence electrons. The first-order chi connectivity index (χ1) is 13.9. The molecule has 0 aliphatic heterocycles. The van der Waals surface area contributed by atoms with Crippen molar-refractivity contribution in [1.82, 2.24) is 19.7 Å². The van der Waals surface area contributed by atoms with Crippen LogP contribution in [0.25, 0.3) is 0 Å². The van der Waals surface area contributed by atoms with Crippen LogP contribution in [0.15, 0.2) is 60.0 Å². The van der Waals surface area contributed by atoms with Gasteiger partial charge in [0.2, 0.25) is 5.91 Å². The minimum Gasteiger partial charge on any atom is -0.337 e. The Morgan fingerprint density at radius 3 is 2.69 bits per heavy atom. The van der Waals surface area contributed by atoms with Gasteiger partial charge in [-0.3, -0.25) is 9.59 Å². The molecule has 0 unspecified atom stereocenters. The van der Waals surface area contributed by atoms with Gasteiger partial charge in [0.25, 0.3) is 5.91 Å². The molecule has 0 bridgehead atoms. The number of carbonyl (C=O) groups is 2. The second-order valence-electron chi connectivity index (χ2n) is 6.73. The van der Waals surface area contributed by atoms with E-state index in [4.69, 9.17) is 0 Å². The molecule has 0 radical (unpaired) electrons. The molecule has 7 nitrogen and oxygen atoms in total. The number of benzene rings is 2. The first-order valence-electron chi connectivity index (χ1n) is 9.10. The Kier molecular flexibility index (Phi) is 6.66. The molecule has 0 saturated carbocycles. The Morgan fingerprint density at radius 2 is 1.97 bits per heavy atom. The number of carbonyl (C=O) groups excluding carboxylic acids is 2. The lowest BCUT2D eigenvalue weighted by molar-refractivity contribution is -0.113. The molecule has 0 spiro atoms. The van der Waals surface area contributed by atoms with E-state index in [0.717, 1.165) is 11.1 Å². The summed E-state index contributed by atoms with van der Waals surface area (Å²) in [7, 11) is 3.60. The van der Waals surface area contributed by atoms with Crippen molar-refractivity contribution in [2.24, 2.45) is 7.05 Å². The predicted molar refractivity (Wildman–Crippen MR) is 114 cm³/mol. The summed E-state index contributed by atoms with van der Waals surface area (Å²) < 4.78 is 1.75. The number of aromatic nitrogens is 3. The lowest BCUT2D eigenvalue weighted by Gasteiger charge is -2.19. The standard InChI is InChI=1S/C21H23N5O2S/c1-15-7-4-5-8-17(15)12-25(2)20(28)16-9-6-10-18(11-16)23-19(27)13-29-21-24-22-14-26(21)3/h4-11,14H,12-13H2,1-3H3,(H,23,27). The monoisotopic (exact) mass is 409 g/mol. The number of anilines is 1. The Labute approximate surface area is 174 Å².